The van der Waals surface area contributed by atoms with Gasteiger partial charge in [0.25, 0.3) is 5.69 Å². The van der Waals surface area contributed by atoms with Crippen molar-refractivity contribution < 1.29 is 18.9 Å². The summed E-state index contributed by atoms with van der Waals surface area (Å²) >= 11 is 0. The molecule has 0 aromatic heterocycles. The van der Waals surface area contributed by atoms with Gasteiger partial charge in [-0.3, -0.25) is 10.1 Å². The van der Waals surface area contributed by atoms with Crippen molar-refractivity contribution in [3.8, 4) is 11.5 Å². The van der Waals surface area contributed by atoms with E-state index in [0.29, 0.717) is 23.5 Å². The molecule has 2 heterocycles. The molecule has 0 N–H and O–H groups in total. The van der Waals surface area contributed by atoms with Gasteiger partial charge in [0, 0.05) is 12.5 Å². The molecule has 2 aliphatic rings. The minimum atomic E-state index is -0.387. The predicted octanol–water partition coefficient (Wildman–Crippen LogP) is 2.52. The molecule has 118 valence electrons. The lowest BCUT2D eigenvalue weighted by atomic mass is 9.74. The summed E-state index contributed by atoms with van der Waals surface area (Å²) in [6.45, 7) is 6.81. The molecule has 6 heteroatoms. The van der Waals surface area contributed by atoms with E-state index in [0.717, 1.165) is 29.7 Å². The zero-order chi connectivity index (χ0) is 15.9. The number of ether oxygens (including phenoxy) is 2. The van der Waals surface area contributed by atoms with Crippen molar-refractivity contribution in [3.05, 3.63) is 40.5 Å². The summed E-state index contributed by atoms with van der Waals surface area (Å²) < 4.78 is 11.7. The van der Waals surface area contributed by atoms with Crippen LogP contribution in [-0.2, 0) is 6.54 Å². The van der Waals surface area contributed by atoms with Crippen LogP contribution in [0.2, 0.25) is 0 Å². The van der Waals surface area contributed by atoms with Crippen molar-refractivity contribution in [2.75, 3.05) is 27.3 Å². The van der Waals surface area contributed by atoms with Crippen molar-refractivity contribution >= 4 is 5.69 Å². The summed E-state index contributed by atoms with van der Waals surface area (Å²) in [6.07, 6.45) is 3.23. The Balaban J connectivity index is 1.94. The maximum atomic E-state index is 11.1. The average Bonchev–Trinajstić information content (AvgIpc) is 2.51. The van der Waals surface area contributed by atoms with E-state index in [1.54, 1.807) is 13.2 Å². The highest BCUT2D eigenvalue weighted by Gasteiger charge is 2.59. The Morgan fingerprint density at radius 2 is 2.23 bits per heavy atom. The molecule has 3 atom stereocenters. The van der Waals surface area contributed by atoms with E-state index >= 15 is 0 Å². The average molecular weight is 305 g/mol. The lowest BCUT2D eigenvalue weighted by molar-refractivity contribution is -1.05. The molecule has 2 fully saturated rings. The third-order valence-corrected chi connectivity index (χ3v) is 5.18. The van der Waals surface area contributed by atoms with Gasteiger partial charge in [0.2, 0.25) is 0 Å². The van der Waals surface area contributed by atoms with Crippen LogP contribution >= 0.6 is 0 Å². The Bertz CT molecular complexity index is 631. The van der Waals surface area contributed by atoms with Gasteiger partial charge in [-0.05, 0) is 0 Å². The molecule has 0 radical (unpaired) electrons. The van der Waals surface area contributed by atoms with Gasteiger partial charge in [-0.2, -0.15) is 0 Å². The second-order valence-corrected chi connectivity index (χ2v) is 6.14. The molecule has 22 heavy (non-hydrogen) atoms. The number of fused-ring (bicyclic) bond motifs is 1. The van der Waals surface area contributed by atoms with Gasteiger partial charge in [0.05, 0.1) is 49.8 Å². The van der Waals surface area contributed by atoms with E-state index in [2.05, 4.69) is 6.58 Å². The van der Waals surface area contributed by atoms with Crippen LogP contribution in [0.25, 0.3) is 0 Å². The number of quaternary nitrogens is 1. The van der Waals surface area contributed by atoms with Crippen molar-refractivity contribution in [3.63, 3.8) is 0 Å². The standard InChI is InChI=1S/C16H21N2O4/c1-4-11-9-18(6-5-14(11)18)10-12-7-13(17(19)20)8-15(21-2)16(12)22-3/h4,7-8,11,14H,1,5-6,9-10H2,2-3H3/q+1. The molecule has 2 aliphatic heterocycles. The molecule has 6 nitrogen and oxygen atoms in total. The molecular formula is C16H21N2O4+. The summed E-state index contributed by atoms with van der Waals surface area (Å²) in [5.41, 5.74) is 0.893. The van der Waals surface area contributed by atoms with Crippen molar-refractivity contribution in [1.29, 1.82) is 0 Å². The van der Waals surface area contributed by atoms with Crippen LogP contribution in [0.3, 0.4) is 0 Å². The lowest BCUT2D eigenvalue weighted by Crippen LogP contribution is -2.77. The monoisotopic (exact) mass is 305 g/mol. The quantitative estimate of drug-likeness (QED) is 0.351. The summed E-state index contributed by atoms with van der Waals surface area (Å²) in [6, 6.07) is 3.64. The first-order valence-electron chi connectivity index (χ1n) is 7.42. The number of piperidine rings is 1. The van der Waals surface area contributed by atoms with Gasteiger partial charge in [-0.15, -0.1) is 6.58 Å². The largest absolute Gasteiger partial charge is 0.493 e. The van der Waals surface area contributed by atoms with Gasteiger partial charge in [-0.25, -0.2) is 0 Å². The van der Waals surface area contributed by atoms with Crippen LogP contribution < -0.4 is 9.47 Å². The number of nitro benzene ring substituents is 1. The number of hydrogen-bond acceptors (Lipinski definition) is 4. The third kappa shape index (κ3) is 2.06. The topological polar surface area (TPSA) is 61.6 Å². The zero-order valence-electron chi connectivity index (χ0n) is 12.9. The lowest BCUT2D eigenvalue weighted by Gasteiger charge is -2.63. The van der Waals surface area contributed by atoms with Crippen molar-refractivity contribution in [2.45, 2.75) is 19.0 Å². The molecule has 0 amide bonds. The molecule has 1 aromatic carbocycles. The number of hydrogen-bond donors (Lipinski definition) is 0. The maximum Gasteiger partial charge on any atom is 0.273 e. The fourth-order valence-corrected chi connectivity index (χ4v) is 3.98. The van der Waals surface area contributed by atoms with E-state index in [4.69, 9.17) is 9.47 Å². The van der Waals surface area contributed by atoms with Gasteiger partial charge in [0.15, 0.2) is 11.5 Å². The molecule has 3 unspecified atom stereocenters. The molecule has 1 aromatic rings. The second-order valence-electron chi connectivity index (χ2n) is 6.14. The third-order valence-electron chi connectivity index (χ3n) is 5.18. The zero-order valence-corrected chi connectivity index (χ0v) is 12.9. The summed E-state index contributed by atoms with van der Waals surface area (Å²) in [7, 11) is 3.07. The van der Waals surface area contributed by atoms with Crippen LogP contribution in [0.5, 0.6) is 11.5 Å². The highest BCUT2D eigenvalue weighted by molar-refractivity contribution is 5.54. The number of benzene rings is 1. The van der Waals surface area contributed by atoms with E-state index in [1.807, 2.05) is 6.08 Å². The van der Waals surface area contributed by atoms with Crippen LogP contribution in [0, 0.1) is 16.0 Å². The Labute approximate surface area is 129 Å². The minimum Gasteiger partial charge on any atom is -0.493 e. The van der Waals surface area contributed by atoms with Crippen molar-refractivity contribution in [2.24, 2.45) is 5.92 Å². The summed E-state index contributed by atoms with van der Waals surface area (Å²) in [5.74, 6) is 1.59. The highest BCUT2D eigenvalue weighted by atomic mass is 16.6. The normalized spacial score (nSPS) is 28.8. The van der Waals surface area contributed by atoms with Crippen LogP contribution in [0.4, 0.5) is 5.69 Å². The molecule has 0 saturated carbocycles. The summed E-state index contributed by atoms with van der Waals surface area (Å²) in [4.78, 5) is 10.8. The van der Waals surface area contributed by atoms with Gasteiger partial charge >= 0.3 is 0 Å². The van der Waals surface area contributed by atoms with E-state index in [1.165, 1.54) is 19.6 Å². The molecule has 0 aliphatic carbocycles. The smallest absolute Gasteiger partial charge is 0.273 e. The maximum absolute atomic E-state index is 11.1. The SMILES string of the molecule is C=CC1C[N+]2(Cc3cc([N+](=O)[O-])cc(OC)c3OC)CCC12. The highest BCUT2D eigenvalue weighted by Crippen LogP contribution is 2.48. The van der Waals surface area contributed by atoms with Gasteiger partial charge < -0.3 is 14.0 Å². The molecule has 3 rings (SSSR count). The van der Waals surface area contributed by atoms with E-state index < -0.39 is 0 Å². The van der Waals surface area contributed by atoms with Crippen LogP contribution in [0.15, 0.2) is 24.8 Å². The molecular weight excluding hydrogens is 284 g/mol. The van der Waals surface area contributed by atoms with Gasteiger partial charge in [0.1, 0.15) is 12.6 Å². The fourth-order valence-electron chi connectivity index (χ4n) is 3.98. The number of methoxy groups -OCH3 is 2. The Morgan fingerprint density at radius 3 is 2.68 bits per heavy atom. The molecule has 0 bridgehead atoms. The first-order chi connectivity index (χ1) is 10.5. The van der Waals surface area contributed by atoms with Gasteiger partial charge in [-0.1, -0.05) is 6.08 Å². The number of rotatable bonds is 6. The number of nitro groups is 1. The molecule has 0 spiro atoms. The van der Waals surface area contributed by atoms with Crippen molar-refractivity contribution in [1.82, 2.24) is 0 Å². The van der Waals surface area contributed by atoms with E-state index in [9.17, 15) is 10.1 Å². The second kappa shape index (κ2) is 5.28. The predicted molar refractivity (Wildman–Crippen MR) is 82.0 cm³/mol. The van der Waals surface area contributed by atoms with Crippen LogP contribution in [0.1, 0.15) is 12.0 Å². The molecule has 2 saturated heterocycles. The first kappa shape index (κ1) is 14.8. The number of non-ortho nitro benzene ring substituents is 1. The Morgan fingerprint density at radius 1 is 1.45 bits per heavy atom. The Kier molecular flexibility index (Phi) is 3.56. The fraction of sp³-hybridized carbons (Fsp3) is 0.500. The van der Waals surface area contributed by atoms with Crippen LogP contribution in [-0.4, -0.2) is 42.8 Å². The first-order valence-corrected chi connectivity index (χ1v) is 7.42. The Hall–Kier alpha value is -2.08. The minimum absolute atomic E-state index is 0.0451. The summed E-state index contributed by atoms with van der Waals surface area (Å²) in [5, 5.41) is 11.1. The van der Waals surface area contributed by atoms with E-state index in [-0.39, 0.29) is 10.6 Å². The number of nitrogens with zero attached hydrogens (tertiary/aromatic N) is 2.